The fraction of sp³-hybridized carbons (Fsp3) is 0.837. The molecule has 6 saturated carbocycles. The standard InChI is InChI=1S/C49H72O6/c1-30(50)54-44-28-32-26-36(52)16-18-38(32)40-22-24-48(3)34(14-20-42(48)46(40)44)12-10-8-6-5-7-9-11-13-35-15-21-43-47-41(23-25-49(35,43)4)39-19-17-37(53)27-33(39)29-45(47)55-31(2)51/h26-27,34-35,38-47H,5-25,28-29H2,1-4H3/t34-,35-,38?,39?,40-,41?,42-,43-,44?,45?,46+,47?,48-,49-/m0/s1. The summed E-state index contributed by atoms with van der Waals surface area (Å²) in [5, 5.41) is 0. The van der Waals surface area contributed by atoms with Gasteiger partial charge < -0.3 is 9.47 Å². The number of hydrogen-bond acceptors (Lipinski definition) is 6. The van der Waals surface area contributed by atoms with Crippen molar-refractivity contribution >= 4 is 23.5 Å². The average Bonchev–Trinajstić information content (AvgIpc) is 3.65. The van der Waals surface area contributed by atoms with Gasteiger partial charge >= 0.3 is 11.9 Å². The maximum Gasteiger partial charge on any atom is 0.302 e. The molecule has 0 amide bonds. The zero-order valence-electron chi connectivity index (χ0n) is 34.8. The van der Waals surface area contributed by atoms with E-state index in [1.54, 1.807) is 13.8 Å². The lowest BCUT2D eigenvalue weighted by Gasteiger charge is -2.56. The lowest BCUT2D eigenvalue weighted by atomic mass is 9.50. The van der Waals surface area contributed by atoms with E-state index in [0.29, 0.717) is 71.0 Å². The van der Waals surface area contributed by atoms with Crippen LogP contribution in [0.2, 0.25) is 0 Å². The number of fused-ring (bicyclic) bond motifs is 10. The highest BCUT2D eigenvalue weighted by Gasteiger charge is 2.60. The number of carbonyl (C=O) groups excluding carboxylic acids is 4. The predicted octanol–water partition coefficient (Wildman–Crippen LogP) is 11.1. The second kappa shape index (κ2) is 16.2. The molecule has 0 spiro atoms. The van der Waals surface area contributed by atoms with Crippen LogP contribution in [0.4, 0.5) is 0 Å². The summed E-state index contributed by atoms with van der Waals surface area (Å²) < 4.78 is 12.2. The third-order valence-electron chi connectivity index (χ3n) is 18.2. The van der Waals surface area contributed by atoms with Gasteiger partial charge in [-0.25, -0.2) is 0 Å². The van der Waals surface area contributed by atoms with Crippen molar-refractivity contribution in [2.75, 3.05) is 0 Å². The summed E-state index contributed by atoms with van der Waals surface area (Å²) in [5.41, 5.74) is 3.26. The molecule has 0 N–H and O–H groups in total. The van der Waals surface area contributed by atoms with Gasteiger partial charge in [-0.15, -0.1) is 0 Å². The molecule has 304 valence electrons. The van der Waals surface area contributed by atoms with E-state index in [0.717, 1.165) is 37.5 Å². The van der Waals surface area contributed by atoms with E-state index in [-0.39, 0.29) is 35.7 Å². The van der Waals surface area contributed by atoms with Gasteiger partial charge in [0.1, 0.15) is 12.2 Å². The Hall–Kier alpha value is -2.24. The summed E-state index contributed by atoms with van der Waals surface area (Å²) in [6.45, 7) is 8.30. The molecule has 6 unspecified atom stereocenters. The predicted molar refractivity (Wildman–Crippen MR) is 215 cm³/mol. The Labute approximate surface area is 332 Å². The first-order chi connectivity index (χ1) is 26.5. The van der Waals surface area contributed by atoms with Crippen molar-refractivity contribution in [1.29, 1.82) is 0 Å². The van der Waals surface area contributed by atoms with E-state index in [4.69, 9.17) is 9.47 Å². The van der Waals surface area contributed by atoms with Gasteiger partial charge in [0.15, 0.2) is 11.6 Å². The maximum absolute atomic E-state index is 12.3. The Bertz CT molecular complexity index is 1430. The van der Waals surface area contributed by atoms with Crippen LogP contribution in [-0.2, 0) is 28.7 Å². The summed E-state index contributed by atoms with van der Waals surface area (Å²) in [6.07, 6.45) is 31.1. The molecule has 6 nitrogen and oxygen atoms in total. The second-order valence-corrected chi connectivity index (χ2v) is 20.8. The van der Waals surface area contributed by atoms with E-state index < -0.39 is 0 Å². The van der Waals surface area contributed by atoms with Crippen LogP contribution in [0.1, 0.15) is 175 Å². The molecular formula is C49H72O6. The molecule has 55 heavy (non-hydrogen) atoms. The molecule has 8 aliphatic rings. The van der Waals surface area contributed by atoms with Gasteiger partial charge in [0.05, 0.1) is 0 Å². The normalized spacial score (nSPS) is 43.1. The molecule has 0 aliphatic heterocycles. The molecule has 14 atom stereocenters. The lowest BCUT2D eigenvalue weighted by Crippen LogP contribution is -2.52. The zero-order valence-corrected chi connectivity index (χ0v) is 34.8. The largest absolute Gasteiger partial charge is 0.462 e. The lowest BCUT2D eigenvalue weighted by molar-refractivity contribution is -0.162. The maximum atomic E-state index is 12.3. The van der Waals surface area contributed by atoms with Gasteiger partial charge in [0, 0.05) is 51.4 Å². The van der Waals surface area contributed by atoms with E-state index in [9.17, 15) is 19.2 Å². The third kappa shape index (κ3) is 7.61. The fourth-order valence-corrected chi connectivity index (χ4v) is 15.8. The summed E-state index contributed by atoms with van der Waals surface area (Å²) in [6, 6.07) is 0. The van der Waals surface area contributed by atoms with Crippen LogP contribution in [0, 0.1) is 70.0 Å². The van der Waals surface area contributed by atoms with Crippen LogP contribution in [0.15, 0.2) is 23.3 Å². The van der Waals surface area contributed by atoms with Crippen molar-refractivity contribution in [3.05, 3.63) is 23.3 Å². The van der Waals surface area contributed by atoms with E-state index in [1.165, 1.54) is 120 Å². The van der Waals surface area contributed by atoms with Crippen LogP contribution >= 0.6 is 0 Å². The van der Waals surface area contributed by atoms with Gasteiger partial charge in [-0.1, -0.05) is 69.9 Å². The Morgan fingerprint density at radius 3 is 1.38 bits per heavy atom. The summed E-state index contributed by atoms with van der Waals surface area (Å²) in [4.78, 5) is 49.1. The smallest absolute Gasteiger partial charge is 0.302 e. The number of unbranched alkanes of at least 4 members (excludes halogenated alkanes) is 6. The van der Waals surface area contributed by atoms with Crippen LogP contribution in [0.5, 0.6) is 0 Å². The number of ketones is 2. The van der Waals surface area contributed by atoms with Crippen LogP contribution in [-0.4, -0.2) is 35.7 Å². The highest BCUT2D eigenvalue weighted by atomic mass is 16.5. The molecule has 0 aromatic heterocycles. The zero-order chi connectivity index (χ0) is 38.5. The van der Waals surface area contributed by atoms with E-state index in [2.05, 4.69) is 13.8 Å². The van der Waals surface area contributed by atoms with Crippen molar-refractivity contribution in [2.24, 2.45) is 70.0 Å². The second-order valence-electron chi connectivity index (χ2n) is 20.8. The highest BCUT2D eigenvalue weighted by Crippen LogP contribution is 2.66. The van der Waals surface area contributed by atoms with Crippen LogP contribution in [0.3, 0.4) is 0 Å². The molecule has 0 heterocycles. The van der Waals surface area contributed by atoms with Gasteiger partial charge in [-0.2, -0.15) is 0 Å². The Kier molecular flexibility index (Phi) is 11.7. The number of rotatable bonds is 12. The Morgan fingerprint density at radius 2 is 0.982 bits per heavy atom. The molecule has 0 bridgehead atoms. The molecule has 0 aromatic rings. The molecule has 0 radical (unpaired) electrons. The molecule has 8 aliphatic carbocycles. The molecule has 8 rings (SSSR count). The molecule has 0 saturated heterocycles. The fourth-order valence-electron chi connectivity index (χ4n) is 15.8. The minimum Gasteiger partial charge on any atom is -0.462 e. The Balaban J connectivity index is 0.769. The first-order valence-corrected chi connectivity index (χ1v) is 23.3. The number of ether oxygens (including phenoxy) is 2. The van der Waals surface area contributed by atoms with Crippen molar-refractivity contribution in [1.82, 2.24) is 0 Å². The van der Waals surface area contributed by atoms with E-state index >= 15 is 0 Å². The molecule has 0 aromatic carbocycles. The molecular weight excluding hydrogens is 685 g/mol. The van der Waals surface area contributed by atoms with Crippen LogP contribution < -0.4 is 0 Å². The van der Waals surface area contributed by atoms with Crippen molar-refractivity contribution in [2.45, 2.75) is 188 Å². The summed E-state index contributed by atoms with van der Waals surface area (Å²) in [7, 11) is 0. The summed E-state index contributed by atoms with van der Waals surface area (Å²) >= 11 is 0. The Morgan fingerprint density at radius 1 is 0.582 bits per heavy atom. The average molecular weight is 757 g/mol. The van der Waals surface area contributed by atoms with Gasteiger partial charge in [-0.3, -0.25) is 19.2 Å². The van der Waals surface area contributed by atoms with Crippen molar-refractivity contribution in [3.63, 3.8) is 0 Å². The van der Waals surface area contributed by atoms with Crippen molar-refractivity contribution in [3.8, 4) is 0 Å². The third-order valence-corrected chi connectivity index (χ3v) is 18.2. The monoisotopic (exact) mass is 757 g/mol. The van der Waals surface area contributed by atoms with Crippen LogP contribution in [0.25, 0.3) is 0 Å². The molecule has 6 heteroatoms. The first-order valence-electron chi connectivity index (χ1n) is 23.3. The number of hydrogen-bond donors (Lipinski definition) is 0. The van der Waals surface area contributed by atoms with Crippen molar-refractivity contribution < 1.29 is 28.7 Å². The number of esters is 2. The summed E-state index contributed by atoms with van der Waals surface area (Å²) in [5.74, 6) is 6.12. The minimum atomic E-state index is -0.165. The highest BCUT2D eigenvalue weighted by molar-refractivity contribution is 5.92. The SMILES string of the molecule is CC(=O)OC1CC2=CC(=O)CCC2C2CC[C@@]3(C)[C@@H](CCCCCCCCC[C@H]4CC[C@H]5[C@@H]6C(OC(C)=O)CC7=CC(=O)CCC7[C@@H]6CC[C@@]45C)CC[C@H]3C12. The van der Waals surface area contributed by atoms with Gasteiger partial charge in [0.25, 0.3) is 0 Å². The quantitative estimate of drug-likeness (QED) is 0.146. The topological polar surface area (TPSA) is 86.7 Å². The van der Waals surface area contributed by atoms with Gasteiger partial charge in [-0.05, 0) is 147 Å². The number of carbonyl (C=O) groups is 4. The van der Waals surface area contributed by atoms with E-state index in [1.807, 2.05) is 12.2 Å². The first kappa shape index (κ1) is 39.6. The minimum absolute atomic E-state index is 0.0553. The van der Waals surface area contributed by atoms with Gasteiger partial charge in [0.2, 0.25) is 0 Å². The molecule has 6 fully saturated rings.